The quantitative estimate of drug-likeness (QED) is 0.918. The van der Waals surface area contributed by atoms with E-state index in [0.717, 1.165) is 61.3 Å². The number of carbonyl (C=O) groups excluding carboxylic acids is 1. The monoisotopic (exact) mass is 353 g/mol. The number of aryl methyl sites for hydroxylation is 2. The number of nitrogens with one attached hydrogen (secondary N) is 1. The molecule has 2 heterocycles. The first-order chi connectivity index (χ1) is 12.6. The van der Waals surface area contributed by atoms with E-state index in [1.807, 2.05) is 23.1 Å². The van der Waals surface area contributed by atoms with Crippen LogP contribution in [0, 0.1) is 12.8 Å². The molecule has 1 aromatic carbocycles. The lowest BCUT2D eigenvalue weighted by Gasteiger charge is -2.32. The molecule has 0 spiro atoms. The first-order valence-corrected chi connectivity index (χ1v) is 9.69. The molecule has 2 aromatic rings. The van der Waals surface area contributed by atoms with Crippen molar-refractivity contribution in [2.45, 2.75) is 52.1 Å². The van der Waals surface area contributed by atoms with Crippen LogP contribution >= 0.6 is 0 Å². The van der Waals surface area contributed by atoms with Gasteiger partial charge in [-0.15, -0.1) is 0 Å². The molecule has 1 aromatic heterocycles. The topological polar surface area (TPSA) is 58.2 Å². The van der Waals surface area contributed by atoms with Crippen molar-refractivity contribution in [1.29, 1.82) is 0 Å². The Bertz CT molecular complexity index is 790. The summed E-state index contributed by atoms with van der Waals surface area (Å²) in [4.78, 5) is 14.9. The molecule has 4 rings (SSSR count). The molecule has 1 unspecified atom stereocenters. The molecule has 0 saturated carbocycles. The van der Waals surface area contributed by atoms with Crippen LogP contribution in [-0.2, 0) is 12.8 Å². The maximum Gasteiger partial charge on any atom is 0.274 e. The average Bonchev–Trinajstić information content (AvgIpc) is 3.06. The number of likely N-dealkylation sites (tertiary alicyclic amines) is 1. The summed E-state index contributed by atoms with van der Waals surface area (Å²) in [6, 6.07) is 8.11. The molecule has 1 aliphatic carbocycles. The van der Waals surface area contributed by atoms with Crippen LogP contribution in [0.25, 0.3) is 0 Å². The summed E-state index contributed by atoms with van der Waals surface area (Å²) < 4.78 is 6.15. The van der Waals surface area contributed by atoms with Gasteiger partial charge in [0.25, 0.3) is 5.91 Å². The van der Waals surface area contributed by atoms with Gasteiger partial charge in [-0.3, -0.25) is 9.89 Å². The van der Waals surface area contributed by atoms with Gasteiger partial charge in [0.15, 0.2) is 5.69 Å². The lowest BCUT2D eigenvalue weighted by atomic mass is 9.87. The zero-order valence-corrected chi connectivity index (χ0v) is 15.6. The van der Waals surface area contributed by atoms with E-state index in [4.69, 9.17) is 4.74 Å². The Balaban J connectivity index is 1.38. The zero-order valence-electron chi connectivity index (χ0n) is 15.6. The van der Waals surface area contributed by atoms with Crippen molar-refractivity contribution in [3.05, 3.63) is 46.8 Å². The van der Waals surface area contributed by atoms with E-state index in [2.05, 4.69) is 30.1 Å². The molecule has 138 valence electrons. The van der Waals surface area contributed by atoms with Crippen molar-refractivity contribution in [1.82, 2.24) is 15.1 Å². The highest BCUT2D eigenvalue weighted by atomic mass is 16.5. The highest BCUT2D eigenvalue weighted by molar-refractivity contribution is 5.94. The fourth-order valence-electron chi connectivity index (χ4n) is 4.04. The van der Waals surface area contributed by atoms with Crippen LogP contribution in [0.4, 0.5) is 0 Å². The third kappa shape index (κ3) is 3.35. The Morgan fingerprint density at radius 1 is 1.23 bits per heavy atom. The van der Waals surface area contributed by atoms with Gasteiger partial charge in [-0.1, -0.05) is 25.1 Å². The fourth-order valence-corrected chi connectivity index (χ4v) is 4.04. The number of amides is 1. The lowest BCUT2D eigenvalue weighted by molar-refractivity contribution is 0.0587. The summed E-state index contributed by atoms with van der Waals surface area (Å²) in [6.45, 7) is 5.77. The standard InChI is InChI=1S/C21H27N3O2/c1-14-7-8-18-17(13-14)20(23-22-18)21(25)24-11-9-16(10-12-24)26-19-6-4-3-5-15(19)2/h3-6,14,16H,7-13H2,1-2H3,(H,22,23). The first-order valence-electron chi connectivity index (χ1n) is 9.69. The van der Waals surface area contributed by atoms with Gasteiger partial charge < -0.3 is 9.64 Å². The number of carbonyl (C=O) groups is 1. The lowest BCUT2D eigenvalue weighted by Crippen LogP contribution is -2.42. The first kappa shape index (κ1) is 17.1. The number of hydrogen-bond donors (Lipinski definition) is 1. The van der Waals surface area contributed by atoms with Gasteiger partial charge in [-0.25, -0.2) is 0 Å². The molecule has 1 aliphatic heterocycles. The van der Waals surface area contributed by atoms with E-state index in [1.165, 1.54) is 6.42 Å². The molecular formula is C21H27N3O2. The van der Waals surface area contributed by atoms with Gasteiger partial charge in [0.1, 0.15) is 11.9 Å². The van der Waals surface area contributed by atoms with Crippen molar-refractivity contribution >= 4 is 5.91 Å². The third-order valence-electron chi connectivity index (χ3n) is 5.71. The number of rotatable bonds is 3. The zero-order chi connectivity index (χ0) is 18.1. The van der Waals surface area contributed by atoms with E-state index >= 15 is 0 Å². The van der Waals surface area contributed by atoms with Gasteiger partial charge in [0.2, 0.25) is 0 Å². The number of nitrogens with zero attached hydrogens (tertiary/aromatic N) is 2. The van der Waals surface area contributed by atoms with Gasteiger partial charge >= 0.3 is 0 Å². The summed E-state index contributed by atoms with van der Waals surface area (Å²) in [5.41, 5.74) is 4.10. The Morgan fingerprint density at radius 2 is 2.00 bits per heavy atom. The Hall–Kier alpha value is -2.30. The second-order valence-corrected chi connectivity index (χ2v) is 7.75. The fraction of sp³-hybridized carbons (Fsp3) is 0.524. The molecule has 1 amide bonds. The summed E-state index contributed by atoms with van der Waals surface area (Å²) in [7, 11) is 0. The number of fused-ring (bicyclic) bond motifs is 1. The molecule has 2 aliphatic rings. The molecule has 1 N–H and O–H groups in total. The minimum absolute atomic E-state index is 0.0749. The number of benzene rings is 1. The highest BCUT2D eigenvalue weighted by Crippen LogP contribution is 2.28. The van der Waals surface area contributed by atoms with Crippen LogP contribution in [0.1, 0.15) is 53.5 Å². The Kier molecular flexibility index (Phi) is 4.70. The average molecular weight is 353 g/mol. The predicted molar refractivity (Wildman–Crippen MR) is 101 cm³/mol. The van der Waals surface area contributed by atoms with E-state index in [1.54, 1.807) is 0 Å². The molecule has 0 radical (unpaired) electrons. The van der Waals surface area contributed by atoms with Gasteiger partial charge in [-0.2, -0.15) is 5.10 Å². The maximum absolute atomic E-state index is 13.0. The highest BCUT2D eigenvalue weighted by Gasteiger charge is 2.30. The number of hydrogen-bond acceptors (Lipinski definition) is 3. The van der Waals surface area contributed by atoms with Crippen LogP contribution in [0.3, 0.4) is 0 Å². The van der Waals surface area contributed by atoms with E-state index in [0.29, 0.717) is 11.6 Å². The number of piperidine rings is 1. The van der Waals surface area contributed by atoms with Crippen LogP contribution < -0.4 is 4.74 Å². The van der Waals surface area contributed by atoms with E-state index < -0.39 is 0 Å². The minimum atomic E-state index is 0.0749. The van der Waals surface area contributed by atoms with Crippen molar-refractivity contribution in [2.24, 2.45) is 5.92 Å². The summed E-state index contributed by atoms with van der Waals surface area (Å²) in [5.74, 6) is 1.65. The summed E-state index contributed by atoms with van der Waals surface area (Å²) >= 11 is 0. The number of ether oxygens (including phenoxy) is 1. The number of aromatic nitrogens is 2. The van der Waals surface area contributed by atoms with Crippen molar-refractivity contribution < 1.29 is 9.53 Å². The minimum Gasteiger partial charge on any atom is -0.490 e. The normalized spacial score (nSPS) is 20.7. The molecular weight excluding hydrogens is 326 g/mol. The van der Waals surface area contributed by atoms with E-state index in [-0.39, 0.29) is 12.0 Å². The molecule has 1 saturated heterocycles. The number of H-pyrrole nitrogens is 1. The molecule has 0 bridgehead atoms. The molecule has 5 nitrogen and oxygen atoms in total. The number of aromatic amines is 1. The molecule has 1 fully saturated rings. The van der Waals surface area contributed by atoms with Crippen molar-refractivity contribution in [2.75, 3.05) is 13.1 Å². The summed E-state index contributed by atoms with van der Waals surface area (Å²) in [6.07, 6.45) is 5.03. The smallest absolute Gasteiger partial charge is 0.274 e. The van der Waals surface area contributed by atoms with Crippen LogP contribution in [0.5, 0.6) is 5.75 Å². The van der Waals surface area contributed by atoms with Gasteiger partial charge in [0, 0.05) is 37.2 Å². The third-order valence-corrected chi connectivity index (χ3v) is 5.71. The van der Waals surface area contributed by atoms with Gasteiger partial charge in [-0.05, 0) is 43.7 Å². The summed E-state index contributed by atoms with van der Waals surface area (Å²) in [5, 5.41) is 7.45. The molecule has 5 heteroatoms. The van der Waals surface area contributed by atoms with Crippen molar-refractivity contribution in [3.63, 3.8) is 0 Å². The maximum atomic E-state index is 13.0. The number of para-hydroxylation sites is 1. The van der Waals surface area contributed by atoms with Crippen molar-refractivity contribution in [3.8, 4) is 5.75 Å². The SMILES string of the molecule is Cc1ccccc1OC1CCN(C(=O)c2n[nH]c3c2CC(C)CC3)CC1. The van der Waals surface area contributed by atoms with Crippen LogP contribution in [0.15, 0.2) is 24.3 Å². The van der Waals surface area contributed by atoms with Crippen LogP contribution in [0.2, 0.25) is 0 Å². The Morgan fingerprint density at radius 3 is 2.77 bits per heavy atom. The molecule has 1 atom stereocenters. The largest absolute Gasteiger partial charge is 0.490 e. The Labute approximate surface area is 154 Å². The van der Waals surface area contributed by atoms with Crippen LogP contribution in [-0.4, -0.2) is 40.2 Å². The predicted octanol–water partition coefficient (Wildman–Crippen LogP) is 3.53. The molecule has 26 heavy (non-hydrogen) atoms. The van der Waals surface area contributed by atoms with Gasteiger partial charge in [0.05, 0.1) is 0 Å². The second kappa shape index (κ2) is 7.14. The second-order valence-electron chi connectivity index (χ2n) is 7.75. The van der Waals surface area contributed by atoms with E-state index in [9.17, 15) is 4.79 Å².